The Morgan fingerprint density at radius 3 is 2.50 bits per heavy atom. The topological polar surface area (TPSA) is 32.7 Å². The number of ether oxygens (including phenoxy) is 1. The average molecular weight is 279 g/mol. The third kappa shape index (κ3) is 2.62. The molecule has 0 bridgehead atoms. The summed E-state index contributed by atoms with van der Waals surface area (Å²) in [5.41, 5.74) is 3.32. The van der Waals surface area contributed by atoms with Gasteiger partial charge in [0.05, 0.1) is 13.7 Å². The van der Waals surface area contributed by atoms with Gasteiger partial charge in [-0.2, -0.15) is 0 Å². The number of aliphatic hydroxyl groups is 1. The van der Waals surface area contributed by atoms with Crippen molar-refractivity contribution >= 4 is 5.69 Å². The molecule has 1 aromatic carbocycles. The molecular formula is C16H22FNO2. The quantitative estimate of drug-likeness (QED) is 0.919. The summed E-state index contributed by atoms with van der Waals surface area (Å²) in [7, 11) is 1.63. The lowest BCUT2D eigenvalue weighted by Crippen LogP contribution is -2.35. The highest BCUT2D eigenvalue weighted by Crippen LogP contribution is 2.46. The second kappa shape index (κ2) is 5.60. The maximum atomic E-state index is 13.3. The van der Waals surface area contributed by atoms with Crippen LogP contribution >= 0.6 is 0 Å². The molecule has 1 saturated heterocycles. The number of hydrogen-bond acceptors (Lipinski definition) is 3. The van der Waals surface area contributed by atoms with E-state index in [0.717, 1.165) is 24.4 Å². The van der Waals surface area contributed by atoms with Gasteiger partial charge in [-0.05, 0) is 43.2 Å². The first-order valence-corrected chi connectivity index (χ1v) is 7.43. The van der Waals surface area contributed by atoms with Gasteiger partial charge in [0.25, 0.3) is 0 Å². The Labute approximate surface area is 119 Å². The lowest BCUT2D eigenvalue weighted by molar-refractivity contribution is 0.273. The summed E-state index contributed by atoms with van der Waals surface area (Å²) >= 11 is 0. The highest BCUT2D eigenvalue weighted by atomic mass is 19.1. The first-order chi connectivity index (χ1) is 9.72. The molecule has 2 aliphatic rings. The Bertz CT molecular complexity index is 480. The van der Waals surface area contributed by atoms with Gasteiger partial charge in [-0.25, -0.2) is 4.39 Å². The number of nitrogens with zero attached hydrogens (tertiary/aromatic N) is 1. The summed E-state index contributed by atoms with van der Waals surface area (Å²) < 4.78 is 18.7. The lowest BCUT2D eigenvalue weighted by Gasteiger charge is -2.33. The molecule has 3 rings (SSSR count). The van der Waals surface area contributed by atoms with E-state index in [1.54, 1.807) is 7.11 Å². The fourth-order valence-corrected chi connectivity index (χ4v) is 3.03. The number of alkyl halides is 1. The Morgan fingerprint density at radius 2 is 1.95 bits per heavy atom. The van der Waals surface area contributed by atoms with Crippen molar-refractivity contribution in [3.63, 3.8) is 0 Å². The molecule has 1 aliphatic carbocycles. The van der Waals surface area contributed by atoms with Crippen LogP contribution in [0.4, 0.5) is 10.1 Å². The number of halogens is 1. The van der Waals surface area contributed by atoms with Crippen LogP contribution in [0.5, 0.6) is 5.75 Å². The summed E-state index contributed by atoms with van der Waals surface area (Å²) in [5, 5.41) is 9.47. The van der Waals surface area contributed by atoms with Crippen LogP contribution in [-0.4, -0.2) is 31.5 Å². The monoisotopic (exact) mass is 279 g/mol. The van der Waals surface area contributed by atoms with Gasteiger partial charge in [0.1, 0.15) is 11.9 Å². The molecule has 0 aromatic heterocycles. The van der Waals surface area contributed by atoms with E-state index in [4.69, 9.17) is 4.74 Å². The molecule has 1 aromatic rings. The van der Waals surface area contributed by atoms with Crippen LogP contribution in [0.3, 0.4) is 0 Å². The van der Waals surface area contributed by atoms with Crippen LogP contribution in [0.25, 0.3) is 0 Å². The van der Waals surface area contributed by atoms with Crippen molar-refractivity contribution in [2.24, 2.45) is 0 Å². The van der Waals surface area contributed by atoms with E-state index in [2.05, 4.69) is 11.0 Å². The number of anilines is 1. The van der Waals surface area contributed by atoms with Gasteiger partial charge >= 0.3 is 0 Å². The van der Waals surface area contributed by atoms with Gasteiger partial charge in [0, 0.05) is 30.4 Å². The van der Waals surface area contributed by atoms with E-state index in [1.807, 2.05) is 6.07 Å². The Morgan fingerprint density at radius 1 is 1.25 bits per heavy atom. The number of hydrogen-bond donors (Lipinski definition) is 1. The fourth-order valence-electron chi connectivity index (χ4n) is 3.03. The molecule has 0 radical (unpaired) electrons. The predicted molar refractivity (Wildman–Crippen MR) is 77.2 cm³/mol. The molecule has 0 amide bonds. The molecule has 1 heterocycles. The Kier molecular flexibility index (Phi) is 3.83. The van der Waals surface area contributed by atoms with Crippen LogP contribution < -0.4 is 9.64 Å². The van der Waals surface area contributed by atoms with Crippen molar-refractivity contribution in [1.29, 1.82) is 0 Å². The zero-order chi connectivity index (χ0) is 14.1. The van der Waals surface area contributed by atoms with Crippen molar-refractivity contribution in [2.45, 2.75) is 44.4 Å². The van der Waals surface area contributed by atoms with Crippen molar-refractivity contribution in [3.05, 3.63) is 23.3 Å². The molecule has 1 aliphatic heterocycles. The van der Waals surface area contributed by atoms with Gasteiger partial charge in [-0.1, -0.05) is 0 Å². The average Bonchev–Trinajstić information content (AvgIpc) is 3.31. The minimum Gasteiger partial charge on any atom is -0.496 e. The van der Waals surface area contributed by atoms with Crippen molar-refractivity contribution in [1.82, 2.24) is 0 Å². The molecule has 110 valence electrons. The smallest absolute Gasteiger partial charge is 0.126 e. The summed E-state index contributed by atoms with van der Waals surface area (Å²) in [6.07, 6.45) is 2.98. The van der Waals surface area contributed by atoms with Gasteiger partial charge in [0.2, 0.25) is 0 Å². The number of rotatable bonds is 4. The van der Waals surface area contributed by atoms with Crippen LogP contribution in [0.1, 0.15) is 42.7 Å². The lowest BCUT2D eigenvalue weighted by atomic mass is 10.0. The van der Waals surface area contributed by atoms with E-state index in [9.17, 15) is 9.50 Å². The second-order valence-electron chi connectivity index (χ2n) is 5.82. The number of piperidine rings is 1. The van der Waals surface area contributed by atoms with Gasteiger partial charge in [-0.15, -0.1) is 0 Å². The second-order valence-corrected chi connectivity index (χ2v) is 5.82. The summed E-state index contributed by atoms with van der Waals surface area (Å²) in [6.45, 7) is 1.53. The fraction of sp³-hybridized carbons (Fsp3) is 0.625. The largest absolute Gasteiger partial charge is 0.496 e. The molecular weight excluding hydrogens is 257 g/mol. The minimum absolute atomic E-state index is 0.00424. The summed E-state index contributed by atoms with van der Waals surface area (Å²) in [6, 6.07) is 4.10. The molecule has 4 heteroatoms. The van der Waals surface area contributed by atoms with Crippen LogP contribution in [-0.2, 0) is 6.61 Å². The van der Waals surface area contributed by atoms with E-state index in [0.29, 0.717) is 18.8 Å². The number of methoxy groups -OCH3 is 1. The molecule has 0 spiro atoms. The van der Waals surface area contributed by atoms with Crippen molar-refractivity contribution in [2.75, 3.05) is 25.1 Å². The Hall–Kier alpha value is -1.29. The molecule has 20 heavy (non-hydrogen) atoms. The number of benzene rings is 1. The van der Waals surface area contributed by atoms with Crippen LogP contribution in [0.2, 0.25) is 0 Å². The maximum absolute atomic E-state index is 13.3. The van der Waals surface area contributed by atoms with Crippen LogP contribution in [0, 0.1) is 0 Å². The number of aliphatic hydroxyl groups excluding tert-OH is 1. The highest BCUT2D eigenvalue weighted by molar-refractivity contribution is 5.62. The third-order valence-electron chi connectivity index (χ3n) is 4.38. The van der Waals surface area contributed by atoms with Crippen molar-refractivity contribution < 1.29 is 14.2 Å². The standard InChI is InChI=1S/C16H22FNO2/c1-20-16-9-15(18-6-4-13(17)5-7-18)14(11-2-3-11)8-12(16)10-19/h8-9,11,13,19H,2-7,10H2,1H3. The molecule has 1 saturated carbocycles. The summed E-state index contributed by atoms with van der Waals surface area (Å²) in [5.74, 6) is 1.33. The van der Waals surface area contributed by atoms with Crippen molar-refractivity contribution in [3.8, 4) is 5.75 Å². The maximum Gasteiger partial charge on any atom is 0.126 e. The van der Waals surface area contributed by atoms with E-state index < -0.39 is 6.17 Å². The van der Waals surface area contributed by atoms with E-state index in [-0.39, 0.29) is 6.61 Å². The third-order valence-corrected chi connectivity index (χ3v) is 4.38. The molecule has 3 nitrogen and oxygen atoms in total. The first-order valence-electron chi connectivity index (χ1n) is 7.43. The predicted octanol–water partition coefficient (Wildman–Crippen LogP) is 3.00. The molecule has 2 fully saturated rings. The van der Waals surface area contributed by atoms with E-state index in [1.165, 1.54) is 24.1 Å². The van der Waals surface area contributed by atoms with Gasteiger partial charge < -0.3 is 14.7 Å². The summed E-state index contributed by atoms with van der Waals surface area (Å²) in [4.78, 5) is 2.27. The van der Waals surface area contributed by atoms with Gasteiger partial charge in [0.15, 0.2) is 0 Å². The first kappa shape index (κ1) is 13.7. The molecule has 0 unspecified atom stereocenters. The molecule has 1 N–H and O–H groups in total. The minimum atomic E-state index is -0.658. The highest BCUT2D eigenvalue weighted by Gasteiger charge is 2.30. The SMILES string of the molecule is COc1cc(N2CCC(F)CC2)c(C2CC2)cc1CO. The zero-order valence-electron chi connectivity index (χ0n) is 11.9. The molecule has 0 atom stereocenters. The van der Waals surface area contributed by atoms with E-state index >= 15 is 0 Å². The Balaban J connectivity index is 1.95. The normalized spacial score (nSPS) is 20.2. The van der Waals surface area contributed by atoms with Crippen LogP contribution in [0.15, 0.2) is 12.1 Å². The zero-order valence-corrected chi connectivity index (χ0v) is 11.9. The van der Waals surface area contributed by atoms with Gasteiger partial charge in [-0.3, -0.25) is 0 Å².